The van der Waals surface area contributed by atoms with E-state index in [4.69, 9.17) is 4.74 Å². The molecule has 0 atom stereocenters. The summed E-state index contributed by atoms with van der Waals surface area (Å²) in [7, 11) is -2.82. The molecule has 0 unspecified atom stereocenters. The lowest BCUT2D eigenvalue weighted by atomic mass is 10.0. The fourth-order valence-corrected chi connectivity index (χ4v) is 3.90. The van der Waals surface area contributed by atoms with Crippen molar-refractivity contribution in [2.45, 2.75) is 4.90 Å². The molecule has 0 bridgehead atoms. The number of benzene rings is 3. The number of para-hydroxylation sites is 1. The molecule has 3 aromatic rings. The molecule has 27 heavy (non-hydrogen) atoms. The van der Waals surface area contributed by atoms with Crippen LogP contribution in [0.2, 0.25) is 0 Å². The molecular formula is C19H16N2O5S. The van der Waals surface area contributed by atoms with Crippen molar-refractivity contribution in [3.8, 4) is 16.9 Å². The highest BCUT2D eigenvalue weighted by Gasteiger charge is 2.24. The predicted molar refractivity (Wildman–Crippen MR) is 102 cm³/mol. The van der Waals surface area contributed by atoms with Gasteiger partial charge in [0.1, 0.15) is 10.6 Å². The summed E-state index contributed by atoms with van der Waals surface area (Å²) in [5.74, 6) is 0.0188. The van der Waals surface area contributed by atoms with E-state index < -0.39 is 14.9 Å². The number of nitrogens with zero attached hydrogens (tertiary/aromatic N) is 1. The van der Waals surface area contributed by atoms with Crippen LogP contribution in [-0.2, 0) is 10.0 Å². The fraction of sp³-hybridized carbons (Fsp3) is 0.0526. The monoisotopic (exact) mass is 384 g/mol. The van der Waals surface area contributed by atoms with Gasteiger partial charge in [-0.05, 0) is 17.7 Å². The maximum absolute atomic E-state index is 12.9. The van der Waals surface area contributed by atoms with Gasteiger partial charge in [-0.3, -0.25) is 14.8 Å². The molecule has 138 valence electrons. The number of hydrogen-bond donors (Lipinski definition) is 1. The van der Waals surface area contributed by atoms with Crippen LogP contribution >= 0.6 is 0 Å². The smallest absolute Gasteiger partial charge is 0.271 e. The molecule has 8 heteroatoms. The standard InChI is InChI=1S/C19H16N2O5S/c1-26-18-12-11-15(21(22)23)13-19(18)27(24,25)20-17-10-6-5-9-16(17)14-7-3-2-4-8-14/h2-13,20H,1H3. The number of rotatable bonds is 6. The third-order valence-electron chi connectivity index (χ3n) is 3.90. The molecule has 0 spiro atoms. The molecule has 3 aromatic carbocycles. The highest BCUT2D eigenvalue weighted by molar-refractivity contribution is 7.92. The zero-order valence-corrected chi connectivity index (χ0v) is 15.1. The topological polar surface area (TPSA) is 98.5 Å². The summed E-state index contributed by atoms with van der Waals surface area (Å²) in [6.07, 6.45) is 0. The third-order valence-corrected chi connectivity index (χ3v) is 5.29. The van der Waals surface area contributed by atoms with Gasteiger partial charge in [-0.1, -0.05) is 48.5 Å². The van der Waals surface area contributed by atoms with Crippen LogP contribution in [-0.4, -0.2) is 20.5 Å². The zero-order valence-electron chi connectivity index (χ0n) is 14.3. The molecule has 0 saturated carbocycles. The summed E-state index contributed by atoms with van der Waals surface area (Å²) >= 11 is 0. The Morgan fingerprint density at radius 2 is 1.63 bits per heavy atom. The van der Waals surface area contributed by atoms with Crippen LogP contribution in [0.5, 0.6) is 5.75 Å². The number of nitro groups is 1. The van der Waals surface area contributed by atoms with E-state index in [9.17, 15) is 18.5 Å². The number of nitrogens with one attached hydrogen (secondary N) is 1. The molecular weight excluding hydrogens is 368 g/mol. The molecule has 0 aliphatic rings. The van der Waals surface area contributed by atoms with Gasteiger partial charge < -0.3 is 4.74 Å². The van der Waals surface area contributed by atoms with E-state index in [0.29, 0.717) is 11.3 Å². The zero-order chi connectivity index (χ0) is 19.4. The van der Waals surface area contributed by atoms with E-state index >= 15 is 0 Å². The Kier molecular flexibility index (Phi) is 5.09. The van der Waals surface area contributed by atoms with Crippen LogP contribution in [0.4, 0.5) is 11.4 Å². The third kappa shape index (κ3) is 3.90. The van der Waals surface area contributed by atoms with Crippen LogP contribution in [0.15, 0.2) is 77.7 Å². The molecule has 0 radical (unpaired) electrons. The molecule has 0 aliphatic heterocycles. The predicted octanol–water partition coefficient (Wildman–Crippen LogP) is 4.07. The Morgan fingerprint density at radius 3 is 2.30 bits per heavy atom. The number of nitro benzene ring substituents is 1. The summed E-state index contributed by atoms with van der Waals surface area (Å²) in [4.78, 5) is 10.1. The lowest BCUT2D eigenvalue weighted by Gasteiger charge is -2.14. The average molecular weight is 384 g/mol. The van der Waals surface area contributed by atoms with Gasteiger partial charge in [-0.25, -0.2) is 8.42 Å². The van der Waals surface area contributed by atoms with Gasteiger partial charge in [0.05, 0.1) is 17.7 Å². The first-order valence-electron chi connectivity index (χ1n) is 7.92. The van der Waals surface area contributed by atoms with Gasteiger partial charge >= 0.3 is 0 Å². The van der Waals surface area contributed by atoms with E-state index in [1.54, 1.807) is 24.3 Å². The highest BCUT2D eigenvalue weighted by Crippen LogP contribution is 2.33. The Bertz CT molecular complexity index is 1080. The van der Waals surface area contributed by atoms with Gasteiger partial charge in [0.2, 0.25) is 0 Å². The summed E-state index contributed by atoms with van der Waals surface area (Å²) in [5, 5.41) is 11.0. The second-order valence-corrected chi connectivity index (χ2v) is 7.26. The van der Waals surface area contributed by atoms with Gasteiger partial charge in [0, 0.05) is 17.7 Å². The molecule has 1 N–H and O–H groups in total. The minimum absolute atomic E-state index is 0.0188. The number of non-ortho nitro benzene ring substituents is 1. The fourth-order valence-electron chi connectivity index (χ4n) is 2.63. The molecule has 0 heterocycles. The van der Waals surface area contributed by atoms with Gasteiger partial charge in [0.15, 0.2) is 0 Å². The number of anilines is 1. The van der Waals surface area contributed by atoms with Crippen molar-refractivity contribution in [1.29, 1.82) is 0 Å². The van der Waals surface area contributed by atoms with E-state index in [1.165, 1.54) is 19.2 Å². The second-order valence-electron chi connectivity index (χ2n) is 5.61. The quantitative estimate of drug-likeness (QED) is 0.510. The summed E-state index contributed by atoms with van der Waals surface area (Å²) < 4.78 is 33.4. The van der Waals surface area contributed by atoms with Crippen molar-refractivity contribution in [2.75, 3.05) is 11.8 Å². The molecule has 0 aromatic heterocycles. The van der Waals surface area contributed by atoms with E-state index in [2.05, 4.69) is 4.72 Å². The van der Waals surface area contributed by atoms with Crippen LogP contribution in [0.3, 0.4) is 0 Å². The Morgan fingerprint density at radius 1 is 0.963 bits per heavy atom. The van der Waals surface area contributed by atoms with Crippen LogP contribution in [0.25, 0.3) is 11.1 Å². The number of ether oxygens (including phenoxy) is 1. The van der Waals surface area contributed by atoms with Crippen molar-refractivity contribution in [3.05, 3.63) is 82.9 Å². The summed E-state index contributed by atoms with van der Waals surface area (Å²) in [6, 6.07) is 19.6. The molecule has 7 nitrogen and oxygen atoms in total. The van der Waals surface area contributed by atoms with Crippen molar-refractivity contribution >= 4 is 21.4 Å². The highest BCUT2D eigenvalue weighted by atomic mass is 32.2. The van der Waals surface area contributed by atoms with E-state index in [1.807, 2.05) is 30.3 Å². The second kappa shape index (κ2) is 7.46. The van der Waals surface area contributed by atoms with E-state index in [0.717, 1.165) is 11.6 Å². The normalized spacial score (nSPS) is 11.0. The van der Waals surface area contributed by atoms with E-state index in [-0.39, 0.29) is 16.3 Å². The van der Waals surface area contributed by atoms with Gasteiger partial charge in [-0.2, -0.15) is 0 Å². The Balaban J connectivity index is 2.07. The maximum atomic E-state index is 12.9. The first-order chi connectivity index (χ1) is 12.9. The first-order valence-corrected chi connectivity index (χ1v) is 9.40. The van der Waals surface area contributed by atoms with Crippen molar-refractivity contribution in [2.24, 2.45) is 0 Å². The number of sulfonamides is 1. The number of methoxy groups -OCH3 is 1. The summed E-state index contributed by atoms with van der Waals surface area (Å²) in [6.45, 7) is 0. The molecule has 0 saturated heterocycles. The maximum Gasteiger partial charge on any atom is 0.271 e. The number of hydrogen-bond acceptors (Lipinski definition) is 5. The first kappa shape index (κ1) is 18.4. The summed E-state index contributed by atoms with van der Waals surface area (Å²) in [5.41, 5.74) is 1.54. The van der Waals surface area contributed by atoms with Crippen molar-refractivity contribution < 1.29 is 18.1 Å². The SMILES string of the molecule is COc1ccc([N+](=O)[O-])cc1S(=O)(=O)Nc1ccccc1-c1ccccc1. The molecule has 3 rings (SSSR count). The lowest BCUT2D eigenvalue weighted by molar-refractivity contribution is -0.385. The van der Waals surface area contributed by atoms with Gasteiger partial charge in [0.25, 0.3) is 15.7 Å². The van der Waals surface area contributed by atoms with Crippen LogP contribution < -0.4 is 9.46 Å². The largest absolute Gasteiger partial charge is 0.495 e. The molecule has 0 amide bonds. The van der Waals surface area contributed by atoms with Gasteiger partial charge in [-0.15, -0.1) is 0 Å². The Labute approximate surface area is 156 Å². The lowest BCUT2D eigenvalue weighted by Crippen LogP contribution is -2.15. The minimum Gasteiger partial charge on any atom is -0.495 e. The molecule has 0 aliphatic carbocycles. The molecule has 0 fully saturated rings. The van der Waals surface area contributed by atoms with Crippen LogP contribution in [0, 0.1) is 10.1 Å². The average Bonchev–Trinajstić information content (AvgIpc) is 2.68. The minimum atomic E-state index is -4.12. The van der Waals surface area contributed by atoms with Crippen LogP contribution in [0.1, 0.15) is 0 Å². The van der Waals surface area contributed by atoms with Crippen molar-refractivity contribution in [1.82, 2.24) is 0 Å². The Hall–Kier alpha value is -3.39. The van der Waals surface area contributed by atoms with Crippen molar-refractivity contribution in [3.63, 3.8) is 0 Å².